The van der Waals surface area contributed by atoms with Gasteiger partial charge in [0.1, 0.15) is 23.0 Å². The first-order valence-electron chi connectivity index (χ1n) is 17.5. The summed E-state index contributed by atoms with van der Waals surface area (Å²) in [6.45, 7) is 3.30. The summed E-state index contributed by atoms with van der Waals surface area (Å²) in [4.78, 5) is 39.4. The molecule has 0 bridgehead atoms. The van der Waals surface area contributed by atoms with Crippen molar-refractivity contribution in [1.82, 2.24) is 28.4 Å². The van der Waals surface area contributed by atoms with Crippen LogP contribution in [0.5, 0.6) is 5.75 Å². The molecular weight excluding hydrogens is 654 g/mol. The van der Waals surface area contributed by atoms with Crippen LogP contribution in [0, 0.1) is 17.6 Å². The fourth-order valence-electron chi connectivity index (χ4n) is 7.73. The zero-order valence-corrected chi connectivity index (χ0v) is 28.0. The van der Waals surface area contributed by atoms with Gasteiger partial charge in [-0.2, -0.15) is 0 Å². The van der Waals surface area contributed by atoms with Crippen molar-refractivity contribution < 1.29 is 18.6 Å². The highest BCUT2D eigenvalue weighted by Gasteiger charge is 2.28. The van der Waals surface area contributed by atoms with Crippen LogP contribution in [0.1, 0.15) is 49.4 Å². The van der Waals surface area contributed by atoms with E-state index in [-0.39, 0.29) is 28.6 Å². The topological polar surface area (TPSA) is 107 Å². The predicted molar refractivity (Wildman–Crippen MR) is 189 cm³/mol. The Labute approximate surface area is 292 Å². The summed E-state index contributed by atoms with van der Waals surface area (Å²) < 4.78 is 38.1. The summed E-state index contributed by atoms with van der Waals surface area (Å²) in [5, 5.41) is 11.0. The molecule has 0 radical (unpaired) electrons. The average molecular weight is 693 g/mol. The Hall–Kier alpha value is -5.20. The number of hydrogen-bond donors (Lipinski definition) is 1. The van der Waals surface area contributed by atoms with Crippen molar-refractivity contribution in [3.8, 4) is 22.6 Å². The van der Waals surface area contributed by atoms with Gasteiger partial charge in [-0.3, -0.25) is 14.3 Å². The van der Waals surface area contributed by atoms with E-state index in [1.165, 1.54) is 21.4 Å². The van der Waals surface area contributed by atoms with Crippen molar-refractivity contribution in [2.24, 2.45) is 5.92 Å². The molecule has 1 saturated carbocycles. The van der Waals surface area contributed by atoms with Gasteiger partial charge in [0.05, 0.1) is 36.2 Å². The van der Waals surface area contributed by atoms with Crippen molar-refractivity contribution in [2.45, 2.75) is 51.1 Å². The summed E-state index contributed by atoms with van der Waals surface area (Å²) >= 11 is 0. The average Bonchev–Trinajstić information content (AvgIpc) is 3.55. The second-order valence-corrected chi connectivity index (χ2v) is 13.6. The van der Waals surface area contributed by atoms with Gasteiger partial charge in [0.25, 0.3) is 5.56 Å². The minimum atomic E-state index is -0.656. The number of pyridine rings is 2. The number of fused-ring (bicyclic) bond motifs is 2. The summed E-state index contributed by atoms with van der Waals surface area (Å²) in [6, 6.07) is 16.6. The molecule has 0 spiro atoms. The van der Waals surface area contributed by atoms with E-state index in [0.717, 1.165) is 73.4 Å². The Morgan fingerprint density at radius 3 is 2.53 bits per heavy atom. The number of aromatic hydroxyl groups is 1. The molecule has 2 aromatic carbocycles. The van der Waals surface area contributed by atoms with Crippen LogP contribution in [-0.4, -0.2) is 59.8 Å². The van der Waals surface area contributed by atoms with Gasteiger partial charge in [0.2, 0.25) is 0 Å². The minimum Gasteiger partial charge on any atom is -0.508 e. The maximum Gasteiger partial charge on any atom is 0.337 e. The fraction of sp³-hybridized carbons (Fsp3) is 0.333. The van der Waals surface area contributed by atoms with Gasteiger partial charge < -0.3 is 14.2 Å². The highest BCUT2D eigenvalue weighted by molar-refractivity contribution is 5.77. The predicted octanol–water partition coefficient (Wildman–Crippen LogP) is 6.04. The maximum atomic E-state index is 14.6. The van der Waals surface area contributed by atoms with Crippen molar-refractivity contribution in [2.75, 3.05) is 26.3 Å². The van der Waals surface area contributed by atoms with Gasteiger partial charge in [-0.1, -0.05) is 24.3 Å². The molecule has 1 N–H and O–H groups in total. The first-order valence-corrected chi connectivity index (χ1v) is 17.5. The number of phenols is 1. The lowest BCUT2D eigenvalue weighted by Gasteiger charge is -2.30. The van der Waals surface area contributed by atoms with Crippen molar-refractivity contribution in [1.29, 1.82) is 0 Å². The highest BCUT2D eigenvalue weighted by atomic mass is 19.1. The fourth-order valence-corrected chi connectivity index (χ4v) is 7.73. The first kappa shape index (κ1) is 33.0. The molecule has 4 aromatic heterocycles. The molecule has 2 fully saturated rings. The van der Waals surface area contributed by atoms with Crippen LogP contribution in [0.4, 0.5) is 8.78 Å². The van der Waals surface area contributed by atoms with E-state index in [9.17, 15) is 23.5 Å². The monoisotopic (exact) mass is 692 g/mol. The van der Waals surface area contributed by atoms with Crippen molar-refractivity contribution >= 4 is 16.7 Å². The van der Waals surface area contributed by atoms with Crippen LogP contribution < -0.4 is 11.2 Å². The van der Waals surface area contributed by atoms with Crippen molar-refractivity contribution in [3.05, 3.63) is 123 Å². The molecule has 1 saturated heterocycles. The third-order valence-electron chi connectivity index (χ3n) is 10.4. The molecule has 1 aliphatic heterocycles. The van der Waals surface area contributed by atoms with Gasteiger partial charge >= 0.3 is 5.69 Å². The molecule has 0 atom stereocenters. The zero-order chi connectivity index (χ0) is 35.1. The number of benzene rings is 2. The molecule has 0 amide bonds. The Morgan fingerprint density at radius 1 is 0.902 bits per heavy atom. The largest absolute Gasteiger partial charge is 0.508 e. The van der Waals surface area contributed by atoms with E-state index < -0.39 is 17.1 Å². The van der Waals surface area contributed by atoms with Crippen molar-refractivity contribution in [3.63, 3.8) is 0 Å². The Morgan fingerprint density at radius 2 is 1.71 bits per heavy atom. The van der Waals surface area contributed by atoms with E-state index in [0.29, 0.717) is 49.9 Å². The SMILES string of the molecule is O=c1c2cc(F)cnc2n(-c2cccc(-c3cccc(O)c3CN3CCOCC3)c2)c(=O)n1C1CCC(CCc2cn3cc(F)ccc3n2)CC1. The summed E-state index contributed by atoms with van der Waals surface area (Å²) in [5.74, 6) is -0.409. The maximum absolute atomic E-state index is 14.6. The second-order valence-electron chi connectivity index (χ2n) is 13.6. The molecule has 1 aliphatic carbocycles. The molecule has 2 aliphatic rings. The van der Waals surface area contributed by atoms with E-state index in [1.807, 2.05) is 30.5 Å². The number of nitrogens with zero attached hydrogens (tertiary/aromatic N) is 6. The molecule has 6 aromatic rings. The lowest BCUT2D eigenvalue weighted by Crippen LogP contribution is -2.43. The standard InChI is InChI=1S/C39H38F2N6O4/c40-27-10-14-36-43-29(23-45(36)22-27)11-7-25-8-12-30(13-9-25)47-38(49)33-20-28(41)21-42-37(33)46(39(47)50)31-4-1-3-26(19-31)32-5-2-6-35(48)34(32)24-44-15-17-51-18-16-44/h1-6,10,14,19-23,25,30,48H,7-9,11-13,15-18,24H2. The smallest absolute Gasteiger partial charge is 0.337 e. The third kappa shape index (κ3) is 6.57. The van der Waals surface area contributed by atoms with E-state index >= 15 is 0 Å². The molecule has 0 unspecified atom stereocenters. The molecule has 51 heavy (non-hydrogen) atoms. The van der Waals surface area contributed by atoms with Crippen LogP contribution in [-0.2, 0) is 17.7 Å². The van der Waals surface area contributed by atoms with Gasteiger partial charge in [-0.25, -0.2) is 28.1 Å². The molecule has 262 valence electrons. The Balaban J connectivity index is 1.09. The Kier molecular flexibility index (Phi) is 8.95. The molecule has 8 rings (SSSR count). The van der Waals surface area contributed by atoms with Crippen LogP contribution in [0.2, 0.25) is 0 Å². The quantitative estimate of drug-likeness (QED) is 0.207. The number of ether oxygens (including phenoxy) is 1. The number of halogens is 2. The van der Waals surface area contributed by atoms with E-state index in [1.54, 1.807) is 28.7 Å². The lowest BCUT2D eigenvalue weighted by molar-refractivity contribution is 0.0339. The van der Waals surface area contributed by atoms with Gasteiger partial charge in [-0.05, 0) is 92.0 Å². The summed E-state index contributed by atoms with van der Waals surface area (Å²) in [7, 11) is 0. The number of hydrogen-bond acceptors (Lipinski definition) is 7. The zero-order valence-electron chi connectivity index (χ0n) is 28.0. The molecule has 12 heteroatoms. The van der Waals surface area contributed by atoms with Crippen LogP contribution in [0.3, 0.4) is 0 Å². The minimum absolute atomic E-state index is 0.0378. The van der Waals surface area contributed by atoms with Crippen LogP contribution >= 0.6 is 0 Å². The van der Waals surface area contributed by atoms with Gasteiger partial charge in [-0.15, -0.1) is 0 Å². The molecule has 10 nitrogen and oxygen atoms in total. The number of aromatic nitrogens is 5. The highest BCUT2D eigenvalue weighted by Crippen LogP contribution is 2.35. The number of imidazole rings is 1. The van der Waals surface area contributed by atoms with Gasteiger partial charge in [0, 0.05) is 43.6 Å². The van der Waals surface area contributed by atoms with E-state index in [4.69, 9.17) is 4.74 Å². The number of morpholine rings is 1. The molecular formula is C39H38F2N6O4. The van der Waals surface area contributed by atoms with Gasteiger partial charge in [0.15, 0.2) is 5.65 Å². The third-order valence-corrected chi connectivity index (χ3v) is 10.4. The Bertz CT molecular complexity index is 2360. The number of phenolic OH excluding ortho intramolecular Hbond substituents is 1. The summed E-state index contributed by atoms with van der Waals surface area (Å²) in [6.07, 6.45) is 8.81. The van der Waals surface area contributed by atoms with Crippen LogP contribution in [0.15, 0.2) is 88.8 Å². The lowest BCUT2D eigenvalue weighted by atomic mass is 9.83. The normalized spacial score (nSPS) is 18.5. The van der Waals surface area contributed by atoms with Crippen LogP contribution in [0.25, 0.3) is 33.5 Å². The number of rotatable bonds is 8. The summed E-state index contributed by atoms with van der Waals surface area (Å²) in [5.41, 5.74) is 3.48. The number of aryl methyl sites for hydroxylation is 1. The first-order chi connectivity index (χ1) is 24.8. The second kappa shape index (κ2) is 13.8. The van der Waals surface area contributed by atoms with E-state index in [2.05, 4.69) is 14.9 Å². The molecule has 5 heterocycles.